The number of benzene rings is 2. The summed E-state index contributed by atoms with van der Waals surface area (Å²) in [6.07, 6.45) is 2.62. The van der Waals surface area contributed by atoms with Crippen molar-refractivity contribution in [2.24, 2.45) is 5.92 Å². The molecular formula is C31H32ClN3O3. The number of likely N-dealkylation sites (tertiary alicyclic amines) is 1. The molecule has 0 saturated carbocycles. The maximum atomic E-state index is 13.9. The van der Waals surface area contributed by atoms with Gasteiger partial charge in [0.15, 0.2) is 0 Å². The molecule has 38 heavy (non-hydrogen) atoms. The monoisotopic (exact) mass is 529 g/mol. The first kappa shape index (κ1) is 26.0. The standard InChI is InChI=1S/C31H32ClN3O3/c1-31(2,3)24-12-10-22(11-13-24)29(37)33-26(16-20-6-4-7-25(32)15-20)30(38)34-17-21-14-23(19-34)27-8-5-9-28(36)35(27)18-21/h4-13,15-16,21,23H,14,17-19H2,1-3H3,(H,33,37)/b26-16-/t21-,23+/m1/s1. The van der Waals surface area contributed by atoms with Crippen molar-refractivity contribution in [1.29, 1.82) is 0 Å². The topological polar surface area (TPSA) is 71.4 Å². The lowest BCUT2D eigenvalue weighted by Gasteiger charge is -2.43. The van der Waals surface area contributed by atoms with E-state index in [-0.39, 0.29) is 40.3 Å². The largest absolute Gasteiger partial charge is 0.336 e. The van der Waals surface area contributed by atoms with E-state index in [1.165, 1.54) is 0 Å². The summed E-state index contributed by atoms with van der Waals surface area (Å²) in [6, 6.07) is 20.0. The third kappa shape index (κ3) is 5.46. The van der Waals surface area contributed by atoms with Crippen LogP contribution in [0.3, 0.4) is 0 Å². The van der Waals surface area contributed by atoms with Gasteiger partial charge in [-0.3, -0.25) is 14.4 Å². The zero-order valence-corrected chi connectivity index (χ0v) is 22.7. The Morgan fingerprint density at radius 2 is 1.71 bits per heavy atom. The fourth-order valence-electron chi connectivity index (χ4n) is 5.46. The second-order valence-corrected chi connectivity index (χ2v) is 11.7. The molecule has 2 bridgehead atoms. The molecule has 1 N–H and O–H groups in total. The quantitative estimate of drug-likeness (QED) is 0.471. The SMILES string of the molecule is CC(C)(C)c1ccc(C(=O)N/C(=C\c2cccc(Cl)c2)C(=O)N2C[C@H]3C[C@@H](C2)c2cccc(=O)n2C3)cc1. The summed E-state index contributed by atoms with van der Waals surface area (Å²) < 4.78 is 1.84. The van der Waals surface area contributed by atoms with Gasteiger partial charge in [-0.25, -0.2) is 0 Å². The number of aromatic nitrogens is 1. The third-order valence-corrected chi connectivity index (χ3v) is 7.65. The predicted octanol–water partition coefficient (Wildman–Crippen LogP) is 5.22. The second-order valence-electron chi connectivity index (χ2n) is 11.3. The van der Waals surface area contributed by atoms with E-state index in [4.69, 9.17) is 11.6 Å². The van der Waals surface area contributed by atoms with Crippen molar-refractivity contribution >= 4 is 29.5 Å². The van der Waals surface area contributed by atoms with E-state index in [1.54, 1.807) is 47.4 Å². The summed E-state index contributed by atoms with van der Waals surface area (Å²) in [4.78, 5) is 41.4. The van der Waals surface area contributed by atoms with E-state index in [0.29, 0.717) is 30.2 Å². The lowest BCUT2D eigenvalue weighted by molar-refractivity contribution is -0.130. The van der Waals surface area contributed by atoms with Crippen LogP contribution in [-0.2, 0) is 16.8 Å². The molecule has 5 rings (SSSR count). The Labute approximate surface area is 227 Å². The van der Waals surface area contributed by atoms with Crippen LogP contribution in [0, 0.1) is 5.92 Å². The van der Waals surface area contributed by atoms with Crippen LogP contribution in [0.4, 0.5) is 0 Å². The van der Waals surface area contributed by atoms with Crippen molar-refractivity contribution in [3.05, 3.63) is 110 Å². The van der Waals surface area contributed by atoms with Gasteiger partial charge in [-0.15, -0.1) is 0 Å². The van der Waals surface area contributed by atoms with E-state index in [1.807, 2.05) is 34.9 Å². The Bertz CT molecular complexity index is 1470. The molecule has 0 aliphatic carbocycles. The molecule has 2 amide bonds. The molecule has 1 aromatic heterocycles. The molecule has 3 heterocycles. The van der Waals surface area contributed by atoms with Gasteiger partial charge in [-0.2, -0.15) is 0 Å². The number of piperidine rings is 1. The number of hydrogen-bond donors (Lipinski definition) is 1. The number of nitrogens with zero attached hydrogens (tertiary/aromatic N) is 2. The molecule has 1 fully saturated rings. The summed E-state index contributed by atoms with van der Waals surface area (Å²) in [5.74, 6) is -0.334. The smallest absolute Gasteiger partial charge is 0.270 e. The normalized spacial score (nSPS) is 19.1. The molecule has 6 nitrogen and oxygen atoms in total. The number of carbonyl (C=O) groups excluding carboxylic acids is 2. The number of carbonyl (C=O) groups is 2. The minimum Gasteiger partial charge on any atom is -0.336 e. The number of rotatable bonds is 4. The summed E-state index contributed by atoms with van der Waals surface area (Å²) in [5, 5.41) is 3.43. The third-order valence-electron chi connectivity index (χ3n) is 7.42. The van der Waals surface area contributed by atoms with Gasteiger partial charge in [-0.1, -0.05) is 62.7 Å². The predicted molar refractivity (Wildman–Crippen MR) is 150 cm³/mol. The minimum absolute atomic E-state index is 0.00302. The molecule has 2 aromatic carbocycles. The number of amides is 2. The van der Waals surface area contributed by atoms with Crippen LogP contribution in [-0.4, -0.2) is 34.4 Å². The number of nitrogens with one attached hydrogen (secondary N) is 1. The first-order valence-corrected chi connectivity index (χ1v) is 13.3. The van der Waals surface area contributed by atoms with E-state index in [9.17, 15) is 14.4 Å². The van der Waals surface area contributed by atoms with E-state index in [0.717, 1.165) is 23.2 Å². The summed E-state index contributed by atoms with van der Waals surface area (Å²) in [7, 11) is 0. The van der Waals surface area contributed by atoms with Crippen LogP contribution >= 0.6 is 11.6 Å². The second kappa shape index (κ2) is 10.3. The fraction of sp³-hybridized carbons (Fsp3) is 0.323. The van der Waals surface area contributed by atoms with Crippen LogP contribution in [0.15, 0.2) is 77.2 Å². The van der Waals surface area contributed by atoms with Crippen LogP contribution in [0.5, 0.6) is 0 Å². The highest BCUT2D eigenvalue weighted by molar-refractivity contribution is 6.30. The van der Waals surface area contributed by atoms with Crippen LogP contribution in [0.2, 0.25) is 5.02 Å². The highest BCUT2D eigenvalue weighted by atomic mass is 35.5. The van der Waals surface area contributed by atoms with Gasteiger partial charge in [0.25, 0.3) is 17.4 Å². The van der Waals surface area contributed by atoms with Gasteiger partial charge >= 0.3 is 0 Å². The highest BCUT2D eigenvalue weighted by Gasteiger charge is 2.37. The Kier molecular flexibility index (Phi) is 7.01. The molecule has 3 aromatic rings. The Morgan fingerprint density at radius 1 is 0.974 bits per heavy atom. The van der Waals surface area contributed by atoms with Gasteiger partial charge in [0, 0.05) is 47.9 Å². The van der Waals surface area contributed by atoms with Gasteiger partial charge < -0.3 is 14.8 Å². The molecule has 0 radical (unpaired) electrons. The minimum atomic E-state index is -0.346. The zero-order chi connectivity index (χ0) is 27.0. The van der Waals surface area contributed by atoms with Crippen molar-refractivity contribution in [2.45, 2.75) is 45.1 Å². The Balaban J connectivity index is 1.43. The average Bonchev–Trinajstić information content (AvgIpc) is 2.88. The zero-order valence-electron chi connectivity index (χ0n) is 21.9. The Morgan fingerprint density at radius 3 is 2.42 bits per heavy atom. The summed E-state index contributed by atoms with van der Waals surface area (Å²) in [5.41, 5.74) is 3.46. The average molecular weight is 530 g/mol. The van der Waals surface area contributed by atoms with Gasteiger partial charge in [0.1, 0.15) is 5.70 Å². The van der Waals surface area contributed by atoms with Crippen molar-refractivity contribution in [3.63, 3.8) is 0 Å². The molecule has 196 valence electrons. The summed E-state index contributed by atoms with van der Waals surface area (Å²) >= 11 is 6.20. The first-order chi connectivity index (χ1) is 18.1. The van der Waals surface area contributed by atoms with Gasteiger partial charge in [0.05, 0.1) is 0 Å². The van der Waals surface area contributed by atoms with E-state index in [2.05, 4.69) is 26.1 Å². The van der Waals surface area contributed by atoms with Crippen molar-refractivity contribution in [1.82, 2.24) is 14.8 Å². The molecular weight excluding hydrogens is 498 g/mol. The van der Waals surface area contributed by atoms with Crippen LogP contribution < -0.4 is 10.9 Å². The van der Waals surface area contributed by atoms with Crippen LogP contribution in [0.1, 0.15) is 60.3 Å². The van der Waals surface area contributed by atoms with Gasteiger partial charge in [-0.05, 0) is 65.3 Å². The molecule has 2 aliphatic heterocycles. The lowest BCUT2D eigenvalue weighted by Crippen LogP contribution is -2.50. The van der Waals surface area contributed by atoms with Crippen molar-refractivity contribution < 1.29 is 9.59 Å². The van der Waals surface area contributed by atoms with E-state index < -0.39 is 0 Å². The number of halogens is 1. The molecule has 1 saturated heterocycles. The number of fused-ring (bicyclic) bond motifs is 4. The number of pyridine rings is 1. The molecule has 7 heteroatoms. The highest BCUT2D eigenvalue weighted by Crippen LogP contribution is 2.35. The van der Waals surface area contributed by atoms with Gasteiger partial charge in [0.2, 0.25) is 0 Å². The molecule has 0 spiro atoms. The number of hydrogen-bond acceptors (Lipinski definition) is 3. The first-order valence-electron chi connectivity index (χ1n) is 13.0. The fourth-order valence-corrected chi connectivity index (χ4v) is 5.66. The van der Waals surface area contributed by atoms with Crippen molar-refractivity contribution in [3.8, 4) is 0 Å². The molecule has 0 unspecified atom stereocenters. The molecule has 2 atom stereocenters. The maximum Gasteiger partial charge on any atom is 0.270 e. The van der Waals surface area contributed by atoms with Crippen molar-refractivity contribution in [2.75, 3.05) is 13.1 Å². The summed E-state index contributed by atoms with van der Waals surface area (Å²) in [6.45, 7) is 7.97. The lowest BCUT2D eigenvalue weighted by atomic mass is 9.83. The Hall–Kier alpha value is -3.64. The molecule has 2 aliphatic rings. The van der Waals surface area contributed by atoms with E-state index >= 15 is 0 Å². The van der Waals surface area contributed by atoms with Crippen LogP contribution in [0.25, 0.3) is 6.08 Å². The maximum absolute atomic E-state index is 13.9.